The minimum absolute atomic E-state index is 0.148. The van der Waals surface area contributed by atoms with Gasteiger partial charge in [0.25, 0.3) is 0 Å². The first-order chi connectivity index (χ1) is 17.0. The van der Waals surface area contributed by atoms with Gasteiger partial charge in [-0.1, -0.05) is 18.6 Å². The molecule has 5 heterocycles. The van der Waals surface area contributed by atoms with E-state index in [1.807, 2.05) is 0 Å². The van der Waals surface area contributed by atoms with Crippen molar-refractivity contribution in [3.8, 4) is 0 Å². The molecule has 4 saturated heterocycles. The first kappa shape index (κ1) is 25.9. The van der Waals surface area contributed by atoms with Crippen LogP contribution in [0.25, 0.3) is 0 Å². The number of hydrogen-bond donors (Lipinski definition) is 5. The van der Waals surface area contributed by atoms with E-state index >= 15 is 0 Å². The number of nitrogens with zero attached hydrogens (tertiary/aromatic N) is 1. The van der Waals surface area contributed by atoms with Gasteiger partial charge in [-0.15, -0.1) is 11.8 Å². The molecular weight excluding hydrogens is 470 g/mol. The third-order valence-electron chi connectivity index (χ3n) is 8.25. The fourth-order valence-electron chi connectivity index (χ4n) is 6.25. The topological polar surface area (TPSA) is 124 Å². The Morgan fingerprint density at radius 3 is 2.74 bits per heavy atom. The average Bonchev–Trinajstić information content (AvgIpc) is 3.45. The van der Waals surface area contributed by atoms with Crippen molar-refractivity contribution < 1.29 is 29.6 Å². The van der Waals surface area contributed by atoms with Crippen LogP contribution in [0.1, 0.15) is 38.5 Å². The summed E-state index contributed by atoms with van der Waals surface area (Å²) >= 11 is 1.48. The smallest absolute Gasteiger partial charge is 0.240 e. The van der Waals surface area contributed by atoms with Gasteiger partial charge in [0.05, 0.1) is 12.1 Å². The van der Waals surface area contributed by atoms with Crippen molar-refractivity contribution in [1.82, 2.24) is 15.5 Å². The summed E-state index contributed by atoms with van der Waals surface area (Å²) < 4.78 is 12.2. The van der Waals surface area contributed by atoms with E-state index in [2.05, 4.69) is 27.7 Å². The second-order valence-electron chi connectivity index (χ2n) is 10.8. The lowest BCUT2D eigenvalue weighted by atomic mass is 9.91. The van der Waals surface area contributed by atoms with Gasteiger partial charge in [0.2, 0.25) is 5.91 Å². The van der Waals surface area contributed by atoms with Gasteiger partial charge < -0.3 is 40.3 Å². The van der Waals surface area contributed by atoms with Gasteiger partial charge in [-0.05, 0) is 57.0 Å². The summed E-state index contributed by atoms with van der Waals surface area (Å²) in [4.78, 5) is 15.9. The van der Waals surface area contributed by atoms with Gasteiger partial charge >= 0.3 is 0 Å². The number of likely N-dealkylation sites (tertiary alicyclic amines) is 1. The maximum absolute atomic E-state index is 13.4. The molecule has 0 aliphatic carbocycles. The zero-order chi connectivity index (χ0) is 24.4. The average molecular weight is 512 g/mol. The largest absolute Gasteiger partial charge is 0.388 e. The number of fused-ring (bicyclic) bond motifs is 3. The SMILES string of the molecule is O=C(N[C@@H]1C/C=C\C(CN2CCCC2)CSC2OC1C(O)C(O)C2O)C1NCC2CCCCOC21. The van der Waals surface area contributed by atoms with E-state index in [9.17, 15) is 20.1 Å². The molecule has 5 aliphatic heterocycles. The first-order valence-electron chi connectivity index (χ1n) is 13.4. The number of rotatable bonds is 4. The molecule has 0 aromatic rings. The monoisotopic (exact) mass is 511 g/mol. The van der Waals surface area contributed by atoms with E-state index in [1.54, 1.807) is 0 Å². The van der Waals surface area contributed by atoms with Gasteiger partial charge in [0.15, 0.2) is 0 Å². The molecule has 0 aromatic heterocycles. The summed E-state index contributed by atoms with van der Waals surface area (Å²) in [6.45, 7) is 4.61. The van der Waals surface area contributed by atoms with Crippen LogP contribution in [0.5, 0.6) is 0 Å². The molecule has 10 atom stereocenters. The zero-order valence-corrected chi connectivity index (χ0v) is 21.2. The number of nitrogens with one attached hydrogen (secondary N) is 2. The highest BCUT2D eigenvalue weighted by Gasteiger charge is 2.48. The summed E-state index contributed by atoms with van der Waals surface area (Å²) in [5, 5.41) is 38.5. The minimum Gasteiger partial charge on any atom is -0.388 e. The van der Waals surface area contributed by atoms with Crippen LogP contribution in [0.3, 0.4) is 0 Å². The molecule has 9 nitrogen and oxygen atoms in total. The number of carbonyl (C=O) groups is 1. The second-order valence-corrected chi connectivity index (χ2v) is 11.9. The van der Waals surface area contributed by atoms with Crippen LogP contribution in [-0.2, 0) is 14.3 Å². The van der Waals surface area contributed by atoms with Crippen LogP contribution in [0.4, 0.5) is 0 Å². The minimum atomic E-state index is -1.33. The summed E-state index contributed by atoms with van der Waals surface area (Å²) in [5.74, 6) is 1.21. The number of hydrogen-bond acceptors (Lipinski definition) is 9. The van der Waals surface area contributed by atoms with E-state index in [1.165, 1.54) is 24.6 Å². The maximum Gasteiger partial charge on any atom is 0.240 e. The molecular formula is C25H41N3O6S. The number of aliphatic hydroxyl groups is 3. The molecule has 5 aliphatic rings. The standard InChI is InChI=1S/C25H41N3O6S/c29-19-20(30)23-17(27-24(32)18-22-16(12-26-18)7-1-4-11-33-22)8-5-6-15(13-28-9-2-3-10-28)14-35-25(34-23)21(19)31/h5-6,15-23,25-26,29-31H,1-4,7-14H2,(H,27,32)/b6-5-/t15?,16?,17-,18?,19?,20?,21?,22?,23?,25?/m1/s1. The van der Waals surface area contributed by atoms with Crippen molar-refractivity contribution in [1.29, 1.82) is 0 Å². The van der Waals surface area contributed by atoms with E-state index in [0.717, 1.165) is 51.2 Å². The Kier molecular flexibility index (Phi) is 8.71. The summed E-state index contributed by atoms with van der Waals surface area (Å²) in [6.07, 6.45) is 5.64. The molecule has 10 heteroatoms. The van der Waals surface area contributed by atoms with Crippen molar-refractivity contribution in [2.24, 2.45) is 11.8 Å². The van der Waals surface area contributed by atoms with Crippen molar-refractivity contribution in [3.05, 3.63) is 12.2 Å². The number of ether oxygens (including phenoxy) is 2. The normalized spacial score (nSPS) is 45.9. The Balaban J connectivity index is 1.31. The summed E-state index contributed by atoms with van der Waals surface area (Å²) in [6, 6.07) is -0.974. The molecule has 5 rings (SSSR count). The number of carbonyl (C=O) groups excluding carboxylic acids is 1. The fraction of sp³-hybridized carbons (Fsp3) is 0.880. The van der Waals surface area contributed by atoms with Gasteiger partial charge in [-0.25, -0.2) is 0 Å². The molecule has 4 fully saturated rings. The van der Waals surface area contributed by atoms with Gasteiger partial charge in [-0.3, -0.25) is 4.79 Å². The van der Waals surface area contributed by atoms with E-state index in [-0.39, 0.29) is 17.9 Å². The second kappa shape index (κ2) is 11.8. The Morgan fingerprint density at radius 2 is 1.91 bits per heavy atom. The molecule has 0 spiro atoms. The lowest BCUT2D eigenvalue weighted by molar-refractivity contribution is -0.205. The molecule has 2 bridgehead atoms. The van der Waals surface area contributed by atoms with Crippen LogP contribution in [0, 0.1) is 11.8 Å². The molecule has 0 saturated carbocycles. The third-order valence-corrected chi connectivity index (χ3v) is 9.59. The highest BCUT2D eigenvalue weighted by molar-refractivity contribution is 7.99. The van der Waals surface area contributed by atoms with Crippen molar-refractivity contribution in [2.75, 3.05) is 38.5 Å². The van der Waals surface area contributed by atoms with E-state index in [0.29, 0.717) is 18.9 Å². The van der Waals surface area contributed by atoms with E-state index in [4.69, 9.17) is 9.47 Å². The first-order valence-corrected chi connectivity index (χ1v) is 14.4. The van der Waals surface area contributed by atoms with E-state index < -0.39 is 41.9 Å². The lowest BCUT2D eigenvalue weighted by Gasteiger charge is -2.44. The number of amides is 1. The quantitative estimate of drug-likeness (QED) is 0.328. The van der Waals surface area contributed by atoms with Crippen molar-refractivity contribution >= 4 is 17.7 Å². The predicted octanol–water partition coefficient (Wildman–Crippen LogP) is -0.159. The predicted molar refractivity (Wildman–Crippen MR) is 133 cm³/mol. The van der Waals surface area contributed by atoms with Crippen LogP contribution < -0.4 is 10.6 Å². The number of thioether (sulfide) groups is 1. The van der Waals surface area contributed by atoms with Gasteiger partial charge in [0, 0.05) is 25.4 Å². The molecule has 35 heavy (non-hydrogen) atoms. The maximum atomic E-state index is 13.4. The van der Waals surface area contributed by atoms with Crippen LogP contribution in [0.15, 0.2) is 12.2 Å². The molecule has 0 aromatic carbocycles. The highest BCUT2D eigenvalue weighted by atomic mass is 32.2. The number of aliphatic hydroxyl groups excluding tert-OH is 3. The summed E-state index contributed by atoms with van der Waals surface area (Å²) in [5.41, 5.74) is -0.662. The van der Waals surface area contributed by atoms with Gasteiger partial charge in [-0.2, -0.15) is 0 Å². The third kappa shape index (κ3) is 5.90. The summed E-state index contributed by atoms with van der Waals surface area (Å²) in [7, 11) is 0. The molecule has 1 amide bonds. The lowest BCUT2D eigenvalue weighted by Crippen LogP contribution is -2.64. The van der Waals surface area contributed by atoms with Crippen LogP contribution in [0.2, 0.25) is 0 Å². The molecule has 0 radical (unpaired) electrons. The molecule has 5 N–H and O–H groups in total. The highest BCUT2D eigenvalue weighted by Crippen LogP contribution is 2.34. The zero-order valence-electron chi connectivity index (χ0n) is 20.3. The Labute approximate surface area is 212 Å². The Morgan fingerprint density at radius 1 is 1.09 bits per heavy atom. The van der Waals surface area contributed by atoms with Crippen molar-refractivity contribution in [3.63, 3.8) is 0 Å². The molecule has 9 unspecified atom stereocenters. The molecule has 198 valence electrons. The van der Waals surface area contributed by atoms with Crippen LogP contribution >= 0.6 is 11.8 Å². The van der Waals surface area contributed by atoms with Crippen molar-refractivity contribution in [2.45, 2.75) is 86.6 Å². The Hall–Kier alpha value is -0.720. The van der Waals surface area contributed by atoms with Crippen LogP contribution in [-0.4, -0.2) is 113 Å². The Bertz CT molecular complexity index is 753. The van der Waals surface area contributed by atoms with Gasteiger partial charge in [0.1, 0.15) is 35.9 Å². The fourth-order valence-corrected chi connectivity index (χ4v) is 7.46.